The third kappa shape index (κ3) is 2.46. The fourth-order valence-corrected chi connectivity index (χ4v) is 1.87. The molecule has 0 aliphatic rings. The number of aromatic nitrogens is 3. The zero-order chi connectivity index (χ0) is 12.4. The average Bonchev–Trinajstić information content (AvgIpc) is 2.69. The number of nitrogens with two attached hydrogens (primary N) is 1. The Labute approximate surface area is 101 Å². The molecule has 0 saturated carbocycles. The molecule has 4 nitrogen and oxygen atoms in total. The first-order valence-electron chi connectivity index (χ1n) is 5.82. The highest BCUT2D eigenvalue weighted by molar-refractivity contribution is 5.65. The van der Waals surface area contributed by atoms with Crippen LogP contribution < -0.4 is 5.73 Å². The maximum Gasteiger partial charge on any atom is 0.164 e. The average molecular weight is 230 g/mol. The molecule has 2 aromatic rings. The molecular weight excluding hydrogens is 212 g/mol. The lowest BCUT2D eigenvalue weighted by atomic mass is 10.1. The SMILES string of the molecule is Cc1ccc(N)cc1-c1nncn1CC(C)C. The van der Waals surface area contributed by atoms with E-state index in [9.17, 15) is 0 Å². The number of anilines is 1. The van der Waals surface area contributed by atoms with E-state index in [4.69, 9.17) is 5.73 Å². The van der Waals surface area contributed by atoms with Crippen molar-refractivity contribution in [3.8, 4) is 11.4 Å². The highest BCUT2D eigenvalue weighted by Crippen LogP contribution is 2.24. The molecule has 1 aromatic carbocycles. The molecule has 90 valence electrons. The van der Waals surface area contributed by atoms with Gasteiger partial charge in [0.15, 0.2) is 5.82 Å². The first-order chi connectivity index (χ1) is 8.08. The first-order valence-corrected chi connectivity index (χ1v) is 5.82. The van der Waals surface area contributed by atoms with E-state index in [1.165, 1.54) is 0 Å². The summed E-state index contributed by atoms with van der Waals surface area (Å²) < 4.78 is 2.08. The zero-order valence-corrected chi connectivity index (χ0v) is 10.5. The topological polar surface area (TPSA) is 56.7 Å². The van der Waals surface area contributed by atoms with Crippen molar-refractivity contribution in [1.82, 2.24) is 14.8 Å². The summed E-state index contributed by atoms with van der Waals surface area (Å²) in [6.45, 7) is 7.33. The zero-order valence-electron chi connectivity index (χ0n) is 10.5. The Bertz CT molecular complexity index is 514. The van der Waals surface area contributed by atoms with E-state index in [2.05, 4.69) is 35.5 Å². The molecule has 0 atom stereocenters. The molecule has 1 aromatic heterocycles. The lowest BCUT2D eigenvalue weighted by Gasteiger charge is -2.11. The predicted octanol–water partition coefficient (Wildman–Crippen LogP) is 2.49. The maximum atomic E-state index is 5.83. The fraction of sp³-hybridized carbons (Fsp3) is 0.385. The molecule has 2 rings (SSSR count). The van der Waals surface area contributed by atoms with Gasteiger partial charge in [0.25, 0.3) is 0 Å². The minimum Gasteiger partial charge on any atom is -0.399 e. The minimum absolute atomic E-state index is 0.561. The summed E-state index contributed by atoms with van der Waals surface area (Å²) in [5, 5.41) is 8.19. The normalized spacial score (nSPS) is 11.1. The molecular formula is C13H18N4. The Morgan fingerprint density at radius 3 is 2.82 bits per heavy atom. The van der Waals surface area contributed by atoms with Crippen LogP contribution in [0.2, 0.25) is 0 Å². The van der Waals surface area contributed by atoms with Gasteiger partial charge in [0, 0.05) is 17.8 Å². The number of hydrogen-bond acceptors (Lipinski definition) is 3. The highest BCUT2D eigenvalue weighted by Gasteiger charge is 2.11. The van der Waals surface area contributed by atoms with Crippen molar-refractivity contribution in [3.63, 3.8) is 0 Å². The van der Waals surface area contributed by atoms with Crippen LogP contribution in [0.5, 0.6) is 0 Å². The van der Waals surface area contributed by atoms with Gasteiger partial charge in [0.2, 0.25) is 0 Å². The third-order valence-electron chi connectivity index (χ3n) is 2.68. The number of nitrogen functional groups attached to an aromatic ring is 1. The Balaban J connectivity index is 2.45. The predicted molar refractivity (Wildman–Crippen MR) is 69.4 cm³/mol. The number of rotatable bonds is 3. The van der Waals surface area contributed by atoms with E-state index in [0.717, 1.165) is 29.2 Å². The summed E-state index contributed by atoms with van der Waals surface area (Å²) >= 11 is 0. The van der Waals surface area contributed by atoms with E-state index in [0.29, 0.717) is 5.92 Å². The Hall–Kier alpha value is -1.84. The van der Waals surface area contributed by atoms with Gasteiger partial charge in [-0.15, -0.1) is 10.2 Å². The second-order valence-electron chi connectivity index (χ2n) is 4.78. The van der Waals surface area contributed by atoms with Crippen LogP contribution in [-0.4, -0.2) is 14.8 Å². The van der Waals surface area contributed by atoms with E-state index in [1.807, 2.05) is 18.2 Å². The van der Waals surface area contributed by atoms with Gasteiger partial charge in [-0.25, -0.2) is 0 Å². The van der Waals surface area contributed by atoms with Crippen molar-refractivity contribution in [2.24, 2.45) is 5.92 Å². The van der Waals surface area contributed by atoms with Gasteiger partial charge in [-0.2, -0.15) is 0 Å². The lowest BCUT2D eigenvalue weighted by molar-refractivity contribution is 0.525. The largest absolute Gasteiger partial charge is 0.399 e. The molecule has 0 bridgehead atoms. The summed E-state index contributed by atoms with van der Waals surface area (Å²) in [7, 11) is 0. The van der Waals surface area contributed by atoms with Crippen molar-refractivity contribution < 1.29 is 0 Å². The monoisotopic (exact) mass is 230 g/mol. The van der Waals surface area contributed by atoms with Crippen LogP contribution in [0, 0.1) is 12.8 Å². The van der Waals surface area contributed by atoms with E-state index >= 15 is 0 Å². The van der Waals surface area contributed by atoms with Gasteiger partial charge >= 0.3 is 0 Å². The fourth-order valence-electron chi connectivity index (χ4n) is 1.87. The maximum absolute atomic E-state index is 5.83. The van der Waals surface area contributed by atoms with Gasteiger partial charge in [0.05, 0.1) is 0 Å². The summed E-state index contributed by atoms with van der Waals surface area (Å²) in [4.78, 5) is 0. The summed E-state index contributed by atoms with van der Waals surface area (Å²) in [6, 6.07) is 5.87. The van der Waals surface area contributed by atoms with Crippen LogP contribution in [0.25, 0.3) is 11.4 Å². The van der Waals surface area contributed by atoms with Gasteiger partial charge < -0.3 is 10.3 Å². The van der Waals surface area contributed by atoms with Crippen molar-refractivity contribution in [2.45, 2.75) is 27.3 Å². The smallest absolute Gasteiger partial charge is 0.164 e. The van der Waals surface area contributed by atoms with Gasteiger partial charge in [-0.3, -0.25) is 0 Å². The van der Waals surface area contributed by atoms with Crippen molar-refractivity contribution >= 4 is 5.69 Å². The van der Waals surface area contributed by atoms with Gasteiger partial charge in [0.1, 0.15) is 6.33 Å². The van der Waals surface area contributed by atoms with Crippen LogP contribution in [0.15, 0.2) is 24.5 Å². The van der Waals surface area contributed by atoms with E-state index < -0.39 is 0 Å². The molecule has 0 fully saturated rings. The van der Waals surface area contributed by atoms with Gasteiger partial charge in [-0.1, -0.05) is 19.9 Å². The number of nitrogens with zero attached hydrogens (tertiary/aromatic N) is 3. The molecule has 0 saturated heterocycles. The molecule has 0 amide bonds. The Kier molecular flexibility index (Phi) is 3.13. The summed E-state index contributed by atoms with van der Waals surface area (Å²) in [5.74, 6) is 1.45. The minimum atomic E-state index is 0.561. The Morgan fingerprint density at radius 2 is 2.12 bits per heavy atom. The molecule has 17 heavy (non-hydrogen) atoms. The summed E-state index contributed by atoms with van der Waals surface area (Å²) in [6.07, 6.45) is 1.78. The third-order valence-corrected chi connectivity index (χ3v) is 2.68. The first kappa shape index (κ1) is 11.6. The molecule has 0 spiro atoms. The molecule has 4 heteroatoms. The summed E-state index contributed by atoms with van der Waals surface area (Å²) in [5.41, 5.74) is 8.80. The van der Waals surface area contributed by atoms with Crippen LogP contribution >= 0.6 is 0 Å². The Morgan fingerprint density at radius 1 is 1.35 bits per heavy atom. The number of benzene rings is 1. The van der Waals surface area contributed by atoms with E-state index in [1.54, 1.807) is 6.33 Å². The molecule has 2 N–H and O–H groups in total. The van der Waals surface area contributed by atoms with Crippen molar-refractivity contribution in [3.05, 3.63) is 30.1 Å². The van der Waals surface area contributed by atoms with Crippen LogP contribution in [0.4, 0.5) is 5.69 Å². The standard InChI is InChI=1S/C13H18N4/c1-9(2)7-17-8-15-16-13(17)12-6-11(14)5-4-10(12)3/h4-6,8-9H,7,14H2,1-3H3. The molecule has 0 aliphatic carbocycles. The van der Waals surface area contributed by atoms with Crippen molar-refractivity contribution in [2.75, 3.05) is 5.73 Å². The van der Waals surface area contributed by atoms with Crippen molar-refractivity contribution in [1.29, 1.82) is 0 Å². The second-order valence-corrected chi connectivity index (χ2v) is 4.78. The highest BCUT2D eigenvalue weighted by atomic mass is 15.3. The molecule has 0 unspecified atom stereocenters. The number of aryl methyl sites for hydroxylation is 1. The van der Waals surface area contributed by atoms with Crippen LogP contribution in [-0.2, 0) is 6.54 Å². The molecule has 0 radical (unpaired) electrons. The quantitative estimate of drug-likeness (QED) is 0.824. The number of hydrogen-bond donors (Lipinski definition) is 1. The van der Waals surface area contributed by atoms with Gasteiger partial charge in [-0.05, 0) is 30.5 Å². The molecule has 1 heterocycles. The van der Waals surface area contributed by atoms with E-state index in [-0.39, 0.29) is 0 Å². The van der Waals surface area contributed by atoms with Crippen LogP contribution in [0.1, 0.15) is 19.4 Å². The second kappa shape index (κ2) is 4.57. The lowest BCUT2D eigenvalue weighted by Crippen LogP contribution is -2.06. The molecule has 0 aliphatic heterocycles. The van der Waals surface area contributed by atoms with Crippen LogP contribution in [0.3, 0.4) is 0 Å².